The van der Waals surface area contributed by atoms with E-state index < -0.39 is 11.4 Å². The molecule has 10 atom stereocenters. The summed E-state index contributed by atoms with van der Waals surface area (Å²) in [4.78, 5) is 24.7. The van der Waals surface area contributed by atoms with Crippen molar-refractivity contribution in [3.8, 4) is 0 Å². The maximum atomic E-state index is 12.8. The fourth-order valence-corrected chi connectivity index (χ4v) is 11.9. The minimum atomic E-state index is -0.553. The van der Waals surface area contributed by atoms with Crippen LogP contribution in [0.25, 0.3) is 0 Å². The van der Waals surface area contributed by atoms with E-state index in [0.29, 0.717) is 23.7 Å². The van der Waals surface area contributed by atoms with Crippen LogP contribution >= 0.6 is 0 Å². The van der Waals surface area contributed by atoms with Gasteiger partial charge in [-0.3, -0.25) is 9.59 Å². The standard InChI is InChI=1S/C32H50O4/c1-19(2)21-11-16-32(27(34)35)18-17-30(7)22(26(21)32)9-10-24-29(6)14-13-25(36-20(3)33)28(4,5)23(29)12-15-31(24,30)8/h21-26H,1,9-18H2,2-8H3,(H,34,35)/t21?,22?,23?,24?,25-,26?,29-,30+,31+,32-/m0/s1. The molecule has 0 amide bonds. The lowest BCUT2D eigenvalue weighted by atomic mass is 9.32. The fourth-order valence-electron chi connectivity index (χ4n) is 11.9. The van der Waals surface area contributed by atoms with Crippen molar-refractivity contribution < 1.29 is 19.4 Å². The summed E-state index contributed by atoms with van der Waals surface area (Å²) in [7, 11) is 0. The van der Waals surface area contributed by atoms with Gasteiger partial charge in [-0.15, -0.1) is 0 Å². The summed E-state index contributed by atoms with van der Waals surface area (Å²) in [6.45, 7) is 20.4. The summed E-state index contributed by atoms with van der Waals surface area (Å²) in [5.74, 6) is 1.49. The van der Waals surface area contributed by atoms with E-state index in [0.717, 1.165) is 44.9 Å². The maximum absolute atomic E-state index is 12.8. The predicted octanol–water partition coefficient (Wildman–Crippen LogP) is 7.66. The molecule has 0 aromatic rings. The number of ether oxygens (including phenoxy) is 1. The first kappa shape index (κ1) is 26.3. The SMILES string of the molecule is C=C(C)C1CC[C@]2(C(=O)O)CC[C@]3(C)C(CCC4[C@@]5(C)CC[C@H](OC(C)=O)C(C)(C)C5CC[C@]43C)C12. The Morgan fingerprint density at radius 2 is 1.50 bits per heavy atom. The van der Waals surface area contributed by atoms with Crippen molar-refractivity contribution in [2.45, 2.75) is 119 Å². The van der Waals surface area contributed by atoms with Crippen molar-refractivity contribution in [3.05, 3.63) is 12.2 Å². The molecule has 5 unspecified atom stereocenters. The summed E-state index contributed by atoms with van der Waals surface area (Å²) in [5, 5.41) is 10.5. The molecule has 202 valence electrons. The second-order valence-electron chi connectivity index (χ2n) is 15.1. The van der Waals surface area contributed by atoms with Gasteiger partial charge in [-0.1, -0.05) is 46.8 Å². The van der Waals surface area contributed by atoms with E-state index in [9.17, 15) is 14.7 Å². The monoisotopic (exact) mass is 498 g/mol. The molecule has 0 aliphatic heterocycles. The van der Waals surface area contributed by atoms with Gasteiger partial charge >= 0.3 is 11.9 Å². The number of hydrogen-bond acceptors (Lipinski definition) is 3. The Hall–Kier alpha value is -1.32. The zero-order chi connectivity index (χ0) is 26.5. The third-order valence-electron chi connectivity index (χ3n) is 13.7. The minimum Gasteiger partial charge on any atom is -0.481 e. The first-order valence-electron chi connectivity index (χ1n) is 14.7. The Morgan fingerprint density at radius 1 is 0.806 bits per heavy atom. The molecule has 0 saturated heterocycles. The first-order valence-corrected chi connectivity index (χ1v) is 14.7. The van der Waals surface area contributed by atoms with Crippen molar-refractivity contribution in [2.24, 2.45) is 56.7 Å². The van der Waals surface area contributed by atoms with Gasteiger partial charge in [0.15, 0.2) is 0 Å². The van der Waals surface area contributed by atoms with Gasteiger partial charge in [0, 0.05) is 12.3 Å². The van der Waals surface area contributed by atoms with Crippen LogP contribution in [0.5, 0.6) is 0 Å². The molecular formula is C32H50O4. The second-order valence-corrected chi connectivity index (χ2v) is 15.1. The van der Waals surface area contributed by atoms with E-state index in [-0.39, 0.29) is 39.7 Å². The van der Waals surface area contributed by atoms with Crippen LogP contribution in [0.3, 0.4) is 0 Å². The molecule has 0 spiro atoms. The molecule has 5 saturated carbocycles. The van der Waals surface area contributed by atoms with Crippen molar-refractivity contribution in [3.63, 3.8) is 0 Å². The lowest BCUT2D eigenvalue weighted by Crippen LogP contribution is -2.67. The van der Waals surface area contributed by atoms with Crippen LogP contribution in [0.2, 0.25) is 0 Å². The van der Waals surface area contributed by atoms with Crippen LogP contribution in [0.15, 0.2) is 12.2 Å². The number of hydrogen-bond donors (Lipinski definition) is 1. The van der Waals surface area contributed by atoms with E-state index >= 15 is 0 Å². The number of aliphatic carboxylic acids is 1. The third kappa shape index (κ3) is 3.17. The van der Waals surface area contributed by atoms with Crippen LogP contribution in [-0.4, -0.2) is 23.1 Å². The van der Waals surface area contributed by atoms with E-state index in [2.05, 4.69) is 48.1 Å². The minimum absolute atomic E-state index is 0.00466. The Morgan fingerprint density at radius 3 is 2.11 bits per heavy atom. The number of carboxylic acids is 1. The van der Waals surface area contributed by atoms with E-state index in [1.54, 1.807) is 6.92 Å². The van der Waals surface area contributed by atoms with Crippen LogP contribution in [0.1, 0.15) is 113 Å². The first-order chi connectivity index (χ1) is 16.6. The Labute approximate surface area is 219 Å². The van der Waals surface area contributed by atoms with Crippen molar-refractivity contribution in [1.82, 2.24) is 0 Å². The van der Waals surface area contributed by atoms with Crippen molar-refractivity contribution in [1.29, 1.82) is 0 Å². The predicted molar refractivity (Wildman–Crippen MR) is 142 cm³/mol. The van der Waals surface area contributed by atoms with E-state index in [1.165, 1.54) is 24.8 Å². The molecule has 5 fully saturated rings. The Bertz CT molecular complexity index is 967. The quantitative estimate of drug-likeness (QED) is 0.320. The molecule has 0 bridgehead atoms. The van der Waals surface area contributed by atoms with Gasteiger partial charge in [0.1, 0.15) is 6.10 Å². The van der Waals surface area contributed by atoms with Crippen LogP contribution < -0.4 is 0 Å². The molecule has 4 heteroatoms. The molecule has 5 aliphatic carbocycles. The number of carbonyl (C=O) groups excluding carboxylic acids is 1. The Kier molecular flexibility index (Phi) is 5.91. The number of carbonyl (C=O) groups is 2. The number of allylic oxidation sites excluding steroid dienone is 1. The number of fused-ring (bicyclic) bond motifs is 7. The van der Waals surface area contributed by atoms with E-state index in [4.69, 9.17) is 4.74 Å². The third-order valence-corrected chi connectivity index (χ3v) is 13.7. The maximum Gasteiger partial charge on any atom is 0.309 e. The molecular weight excluding hydrogens is 448 g/mol. The highest BCUT2D eigenvalue weighted by atomic mass is 16.5. The summed E-state index contributed by atoms with van der Waals surface area (Å²) < 4.78 is 5.88. The van der Waals surface area contributed by atoms with Crippen LogP contribution in [-0.2, 0) is 14.3 Å². The van der Waals surface area contributed by atoms with Gasteiger partial charge in [-0.05, 0) is 117 Å². The zero-order valence-electron chi connectivity index (χ0n) is 23.9. The number of esters is 1. The van der Waals surface area contributed by atoms with Gasteiger partial charge in [0.25, 0.3) is 0 Å². The molecule has 1 N–H and O–H groups in total. The van der Waals surface area contributed by atoms with E-state index in [1.807, 2.05) is 0 Å². The summed E-state index contributed by atoms with van der Waals surface area (Å²) in [6, 6.07) is 0. The van der Waals surface area contributed by atoms with Crippen molar-refractivity contribution in [2.75, 3.05) is 0 Å². The highest BCUT2D eigenvalue weighted by Crippen LogP contribution is 2.77. The Balaban J connectivity index is 1.52. The molecule has 0 aromatic carbocycles. The zero-order valence-corrected chi connectivity index (χ0v) is 23.9. The molecule has 5 rings (SSSR count). The molecule has 0 aromatic heterocycles. The summed E-state index contributed by atoms with van der Waals surface area (Å²) >= 11 is 0. The second kappa shape index (κ2) is 8.09. The number of carboxylic acid groups (broad SMARTS) is 1. The fraction of sp³-hybridized carbons (Fsp3) is 0.875. The normalized spacial score (nSPS) is 51.2. The van der Waals surface area contributed by atoms with Gasteiger partial charge in [-0.25, -0.2) is 0 Å². The van der Waals surface area contributed by atoms with Gasteiger partial charge < -0.3 is 9.84 Å². The lowest BCUT2D eigenvalue weighted by Gasteiger charge is -2.72. The molecule has 5 aliphatic rings. The van der Waals surface area contributed by atoms with Gasteiger partial charge in [-0.2, -0.15) is 0 Å². The average Bonchev–Trinajstić information content (AvgIpc) is 3.17. The topological polar surface area (TPSA) is 63.6 Å². The van der Waals surface area contributed by atoms with Gasteiger partial charge in [0.2, 0.25) is 0 Å². The molecule has 36 heavy (non-hydrogen) atoms. The smallest absolute Gasteiger partial charge is 0.309 e. The van der Waals surface area contributed by atoms with Gasteiger partial charge in [0.05, 0.1) is 5.41 Å². The molecule has 4 nitrogen and oxygen atoms in total. The molecule has 0 heterocycles. The molecule has 0 radical (unpaired) electrons. The van der Waals surface area contributed by atoms with Crippen LogP contribution in [0.4, 0.5) is 0 Å². The van der Waals surface area contributed by atoms with Crippen LogP contribution in [0, 0.1) is 56.7 Å². The lowest BCUT2D eigenvalue weighted by molar-refractivity contribution is -0.250. The average molecular weight is 499 g/mol. The number of rotatable bonds is 3. The highest BCUT2D eigenvalue weighted by Gasteiger charge is 2.72. The largest absolute Gasteiger partial charge is 0.481 e. The summed E-state index contributed by atoms with van der Waals surface area (Å²) in [6.07, 6.45) is 10.5. The van der Waals surface area contributed by atoms with Crippen molar-refractivity contribution >= 4 is 11.9 Å². The summed E-state index contributed by atoms with van der Waals surface area (Å²) in [5.41, 5.74) is 1.20. The highest BCUT2D eigenvalue weighted by molar-refractivity contribution is 5.76.